The molecule has 1 heterocycles. The summed E-state index contributed by atoms with van der Waals surface area (Å²) in [4.78, 5) is 16.1. The Morgan fingerprint density at radius 2 is 1.77 bits per heavy atom. The highest BCUT2D eigenvalue weighted by Crippen LogP contribution is 2.29. The average Bonchev–Trinajstić information content (AvgIpc) is 3.27. The summed E-state index contributed by atoms with van der Waals surface area (Å²) in [6, 6.07) is 13.7. The number of nitrogens with zero attached hydrogens (tertiary/aromatic N) is 3. The monoisotopic (exact) mass is 406 g/mol. The summed E-state index contributed by atoms with van der Waals surface area (Å²) in [5.41, 5.74) is 3.02. The molecule has 3 rings (SSSR count). The maximum Gasteiger partial charge on any atom is 0.244 e. The molecule has 0 saturated carbocycles. The van der Waals surface area contributed by atoms with E-state index in [1.165, 1.54) is 12.4 Å². The number of ether oxygens (including phenoxy) is 2. The van der Waals surface area contributed by atoms with Gasteiger partial charge in [0, 0.05) is 12.6 Å². The van der Waals surface area contributed by atoms with Crippen LogP contribution in [0.25, 0.3) is 6.08 Å². The topological polar surface area (TPSA) is 78.3 Å². The van der Waals surface area contributed by atoms with Gasteiger partial charge in [-0.3, -0.25) is 4.79 Å². The van der Waals surface area contributed by atoms with Crippen LogP contribution in [-0.4, -0.2) is 33.9 Å². The first-order valence-corrected chi connectivity index (χ1v) is 9.93. The van der Waals surface area contributed by atoms with Crippen molar-refractivity contribution in [2.24, 2.45) is 0 Å². The highest BCUT2D eigenvalue weighted by atomic mass is 16.5. The zero-order valence-corrected chi connectivity index (χ0v) is 17.2. The van der Waals surface area contributed by atoms with Crippen molar-refractivity contribution in [1.82, 2.24) is 20.1 Å². The Kier molecular flexibility index (Phi) is 7.60. The summed E-state index contributed by atoms with van der Waals surface area (Å²) in [6.07, 6.45) is 6.48. The number of rotatable bonds is 10. The molecule has 2 aromatic carbocycles. The van der Waals surface area contributed by atoms with Crippen LogP contribution in [0, 0.1) is 0 Å². The maximum atomic E-state index is 12.2. The highest BCUT2D eigenvalue weighted by Gasteiger charge is 2.05. The number of amides is 1. The molecule has 0 atom stereocenters. The molecule has 0 saturated heterocycles. The third-order valence-corrected chi connectivity index (χ3v) is 4.30. The first-order chi connectivity index (χ1) is 14.7. The quantitative estimate of drug-likeness (QED) is 0.522. The fourth-order valence-electron chi connectivity index (χ4n) is 2.86. The number of hydrogen-bond donors (Lipinski definition) is 1. The molecule has 0 unspecified atom stereocenters. The number of carbonyl (C=O) groups is 1. The second kappa shape index (κ2) is 10.8. The molecule has 1 N–H and O–H groups in total. The van der Waals surface area contributed by atoms with Crippen molar-refractivity contribution < 1.29 is 14.3 Å². The van der Waals surface area contributed by atoms with Crippen LogP contribution in [0.4, 0.5) is 0 Å². The zero-order chi connectivity index (χ0) is 21.2. The summed E-state index contributed by atoms with van der Waals surface area (Å²) >= 11 is 0. The molecule has 7 heteroatoms. The predicted molar refractivity (Wildman–Crippen MR) is 115 cm³/mol. The molecule has 3 aromatic rings. The second-order valence-corrected chi connectivity index (χ2v) is 6.53. The summed E-state index contributed by atoms with van der Waals surface area (Å²) in [5.74, 6) is 1.22. The van der Waals surface area contributed by atoms with Gasteiger partial charge in [-0.1, -0.05) is 30.3 Å². The van der Waals surface area contributed by atoms with Crippen molar-refractivity contribution in [3.63, 3.8) is 0 Å². The molecule has 0 bridgehead atoms. The Bertz CT molecular complexity index is 967. The Hall–Kier alpha value is -3.61. The van der Waals surface area contributed by atoms with Gasteiger partial charge in [-0.25, -0.2) is 9.67 Å². The van der Waals surface area contributed by atoms with Gasteiger partial charge in [-0.05, 0) is 48.7 Å². The van der Waals surface area contributed by atoms with E-state index in [1.807, 2.05) is 56.3 Å². The Morgan fingerprint density at radius 3 is 2.47 bits per heavy atom. The third-order valence-electron chi connectivity index (χ3n) is 4.30. The molecule has 0 aliphatic carbocycles. The second-order valence-electron chi connectivity index (χ2n) is 6.53. The van der Waals surface area contributed by atoms with Gasteiger partial charge in [0.05, 0.1) is 19.8 Å². The van der Waals surface area contributed by atoms with Crippen LogP contribution in [0.5, 0.6) is 11.5 Å². The molecule has 0 radical (unpaired) electrons. The molecule has 0 aliphatic rings. The highest BCUT2D eigenvalue weighted by molar-refractivity contribution is 5.91. The van der Waals surface area contributed by atoms with Crippen molar-refractivity contribution >= 4 is 12.0 Å². The van der Waals surface area contributed by atoms with Crippen LogP contribution in [-0.2, 0) is 17.9 Å². The van der Waals surface area contributed by atoms with Crippen molar-refractivity contribution in [3.05, 3.63) is 77.9 Å². The molecule has 30 heavy (non-hydrogen) atoms. The van der Waals surface area contributed by atoms with E-state index in [4.69, 9.17) is 9.47 Å². The molecular weight excluding hydrogens is 380 g/mol. The van der Waals surface area contributed by atoms with E-state index in [0.717, 1.165) is 16.7 Å². The minimum atomic E-state index is -0.159. The van der Waals surface area contributed by atoms with Gasteiger partial charge in [-0.15, -0.1) is 0 Å². The zero-order valence-electron chi connectivity index (χ0n) is 17.2. The van der Waals surface area contributed by atoms with Gasteiger partial charge in [-0.2, -0.15) is 5.10 Å². The third kappa shape index (κ3) is 6.20. The van der Waals surface area contributed by atoms with Crippen LogP contribution >= 0.6 is 0 Å². The van der Waals surface area contributed by atoms with Crippen LogP contribution in [0.1, 0.15) is 30.5 Å². The van der Waals surface area contributed by atoms with E-state index in [0.29, 0.717) is 37.8 Å². The van der Waals surface area contributed by atoms with Crippen molar-refractivity contribution in [3.8, 4) is 11.5 Å². The number of carbonyl (C=O) groups excluding carboxylic acids is 1. The summed E-state index contributed by atoms with van der Waals surface area (Å²) in [6.45, 7) is 6.09. The lowest BCUT2D eigenvalue weighted by Gasteiger charge is -2.11. The predicted octanol–water partition coefficient (Wildman–Crippen LogP) is 3.45. The van der Waals surface area contributed by atoms with Crippen LogP contribution in [0.15, 0.2) is 61.2 Å². The molecule has 1 aromatic heterocycles. The van der Waals surface area contributed by atoms with Gasteiger partial charge in [0.15, 0.2) is 11.5 Å². The fourth-order valence-corrected chi connectivity index (χ4v) is 2.86. The van der Waals surface area contributed by atoms with Crippen molar-refractivity contribution in [1.29, 1.82) is 0 Å². The van der Waals surface area contributed by atoms with Crippen LogP contribution in [0.2, 0.25) is 0 Å². The first kappa shape index (κ1) is 21.1. The standard InChI is InChI=1S/C23H26N4O3/c1-3-29-21-11-9-18(13-22(21)30-4-2)10-12-23(28)25-14-19-5-7-20(8-6-19)15-27-17-24-16-26-27/h5-13,16-17H,3-4,14-15H2,1-2H3,(H,25,28)/b12-10+. The molecule has 156 valence electrons. The molecule has 0 spiro atoms. The number of benzene rings is 2. The average molecular weight is 406 g/mol. The van der Waals surface area contributed by atoms with Gasteiger partial charge >= 0.3 is 0 Å². The Balaban J connectivity index is 1.52. The molecule has 0 fully saturated rings. The minimum absolute atomic E-state index is 0.159. The largest absolute Gasteiger partial charge is 0.490 e. The SMILES string of the molecule is CCOc1ccc(/C=C/C(=O)NCc2ccc(Cn3cncn3)cc2)cc1OCC. The lowest BCUT2D eigenvalue weighted by atomic mass is 10.1. The van der Waals surface area contributed by atoms with Crippen molar-refractivity contribution in [2.75, 3.05) is 13.2 Å². The van der Waals surface area contributed by atoms with E-state index < -0.39 is 0 Å². The summed E-state index contributed by atoms with van der Waals surface area (Å²) in [7, 11) is 0. The van der Waals surface area contributed by atoms with Gasteiger partial charge in [0.25, 0.3) is 0 Å². The molecule has 0 aliphatic heterocycles. The van der Waals surface area contributed by atoms with E-state index in [2.05, 4.69) is 15.4 Å². The smallest absolute Gasteiger partial charge is 0.244 e. The molecular formula is C23H26N4O3. The Labute approximate surface area is 176 Å². The number of aromatic nitrogens is 3. The molecule has 1 amide bonds. The number of hydrogen-bond acceptors (Lipinski definition) is 5. The number of nitrogens with one attached hydrogen (secondary N) is 1. The van der Waals surface area contributed by atoms with Crippen LogP contribution in [0.3, 0.4) is 0 Å². The summed E-state index contributed by atoms with van der Waals surface area (Å²) in [5, 5.41) is 6.99. The van der Waals surface area contributed by atoms with Crippen molar-refractivity contribution in [2.45, 2.75) is 26.9 Å². The van der Waals surface area contributed by atoms with E-state index in [9.17, 15) is 4.79 Å². The lowest BCUT2D eigenvalue weighted by molar-refractivity contribution is -0.116. The first-order valence-electron chi connectivity index (χ1n) is 9.93. The van der Waals surface area contributed by atoms with E-state index >= 15 is 0 Å². The van der Waals surface area contributed by atoms with E-state index in [-0.39, 0.29) is 5.91 Å². The molecule has 7 nitrogen and oxygen atoms in total. The normalized spacial score (nSPS) is 10.9. The lowest BCUT2D eigenvalue weighted by Crippen LogP contribution is -2.20. The van der Waals surface area contributed by atoms with Gasteiger partial charge in [0.1, 0.15) is 12.7 Å². The minimum Gasteiger partial charge on any atom is -0.490 e. The van der Waals surface area contributed by atoms with E-state index in [1.54, 1.807) is 17.1 Å². The van der Waals surface area contributed by atoms with Crippen LogP contribution < -0.4 is 14.8 Å². The Morgan fingerprint density at radius 1 is 1.03 bits per heavy atom. The maximum absolute atomic E-state index is 12.2. The fraction of sp³-hybridized carbons (Fsp3) is 0.261. The van der Waals surface area contributed by atoms with Gasteiger partial charge < -0.3 is 14.8 Å². The summed E-state index contributed by atoms with van der Waals surface area (Å²) < 4.78 is 12.9. The van der Waals surface area contributed by atoms with Gasteiger partial charge in [0.2, 0.25) is 5.91 Å².